The summed E-state index contributed by atoms with van der Waals surface area (Å²) >= 11 is 12.6. The van der Waals surface area contributed by atoms with Crippen molar-refractivity contribution in [3.63, 3.8) is 0 Å². The number of aromatic carboxylic acids is 1. The van der Waals surface area contributed by atoms with E-state index in [0.717, 1.165) is 4.90 Å². The summed E-state index contributed by atoms with van der Waals surface area (Å²) in [6.45, 7) is 0. The van der Waals surface area contributed by atoms with Crippen LogP contribution in [0.4, 0.5) is 24.7 Å². The number of aromatic hydroxyl groups is 1. The van der Waals surface area contributed by atoms with Crippen molar-refractivity contribution in [3.8, 4) is 17.2 Å². The summed E-state index contributed by atoms with van der Waals surface area (Å²) in [6, 6.07) is 15.1. The van der Waals surface area contributed by atoms with Gasteiger partial charge in [0, 0.05) is 17.1 Å². The Bertz CT molecular complexity index is 2490. The summed E-state index contributed by atoms with van der Waals surface area (Å²) in [4.78, 5) is 75.7. The van der Waals surface area contributed by atoms with Crippen LogP contribution in [0.3, 0.4) is 0 Å². The first-order valence-corrected chi connectivity index (χ1v) is 18.8. The number of allylic oxidation sites excluding steroid dienone is 2. The molecule has 8 rings (SSSR count). The van der Waals surface area contributed by atoms with E-state index in [2.05, 4.69) is 10.4 Å². The number of aromatic nitrogens is 1. The van der Waals surface area contributed by atoms with Crippen LogP contribution in [-0.2, 0) is 30.8 Å². The molecule has 3 N–H and O–H groups in total. The number of carbonyl (C=O) groups is 5. The average Bonchev–Trinajstić information content (AvgIpc) is 3.59. The smallest absolute Gasteiger partial charge is 0.417 e. The number of hydrogen-bond acceptors (Lipinski definition) is 10. The summed E-state index contributed by atoms with van der Waals surface area (Å²) in [5.74, 6) is -10.4. The van der Waals surface area contributed by atoms with Crippen molar-refractivity contribution in [2.24, 2.45) is 23.7 Å². The Morgan fingerprint density at radius 2 is 1.61 bits per heavy atom. The zero-order valence-electron chi connectivity index (χ0n) is 30.8. The number of hydrogen-bond donors (Lipinski definition) is 3. The predicted molar refractivity (Wildman–Crippen MR) is 204 cm³/mol. The van der Waals surface area contributed by atoms with Gasteiger partial charge in [-0.05, 0) is 78.4 Å². The summed E-state index contributed by atoms with van der Waals surface area (Å²) in [6.07, 6.45) is -2.68. The highest BCUT2D eigenvalue weighted by molar-refractivity contribution is 6.33. The molecule has 1 saturated carbocycles. The number of carboxylic acid groups (broad SMARTS) is 1. The van der Waals surface area contributed by atoms with Gasteiger partial charge in [0.2, 0.25) is 17.6 Å². The van der Waals surface area contributed by atoms with Gasteiger partial charge >= 0.3 is 12.1 Å². The molecule has 18 heteroatoms. The highest BCUT2D eigenvalue weighted by Crippen LogP contribution is 2.65. The molecule has 4 aliphatic rings. The fraction of sp³-hybridized carbons (Fsp3) is 0.268. The summed E-state index contributed by atoms with van der Waals surface area (Å²) in [5.41, 5.74) is 0.544. The van der Waals surface area contributed by atoms with Crippen LogP contribution in [0.5, 0.6) is 17.2 Å². The number of nitrogens with one attached hydrogen (secondary N) is 1. The number of imide groups is 2. The first kappa shape index (κ1) is 39.7. The quantitative estimate of drug-likeness (QED) is 0.123. The Labute approximate surface area is 342 Å². The van der Waals surface area contributed by atoms with Crippen molar-refractivity contribution >= 4 is 64.3 Å². The molecular formula is C41H31Cl2F3N4O9. The number of rotatable bonds is 8. The fourth-order valence-electron chi connectivity index (χ4n) is 9.27. The van der Waals surface area contributed by atoms with Crippen LogP contribution in [0.1, 0.15) is 45.8 Å². The zero-order chi connectivity index (χ0) is 42.3. The minimum absolute atomic E-state index is 0.0234. The number of nitrogens with zero attached hydrogens (tertiary/aromatic N) is 3. The Kier molecular flexibility index (Phi) is 9.62. The number of phenolic OH excluding ortho intramolecular Hbond substituents is 1. The van der Waals surface area contributed by atoms with Gasteiger partial charge in [-0.3, -0.25) is 29.5 Å². The molecule has 3 heterocycles. The number of ether oxygens (including phenoxy) is 2. The largest absolute Gasteiger partial charge is 0.502 e. The monoisotopic (exact) mass is 850 g/mol. The maximum absolute atomic E-state index is 15.4. The molecule has 2 saturated heterocycles. The van der Waals surface area contributed by atoms with Gasteiger partial charge in [-0.15, -0.1) is 0 Å². The number of carbonyl (C=O) groups excluding carboxylic acids is 4. The third kappa shape index (κ3) is 6.06. The highest BCUT2D eigenvalue weighted by atomic mass is 35.5. The van der Waals surface area contributed by atoms with Crippen LogP contribution in [-0.4, -0.2) is 64.0 Å². The lowest BCUT2D eigenvalue weighted by Crippen LogP contribution is -2.53. The SMILES string of the molecule is COc1cc(C2C3=CCC4C(=O)N(c5cccc(C(=O)O)c5)C(=O)C4C3CC3C(=O)N(Nc4ncc(C(F)(F)F)cc4Cl)C(=O)C32c2ccc(Cl)cc2)cc(OC)c1O. The van der Waals surface area contributed by atoms with E-state index in [1.807, 2.05) is 0 Å². The number of carboxylic acids is 1. The van der Waals surface area contributed by atoms with Crippen molar-refractivity contribution in [1.82, 2.24) is 9.99 Å². The molecule has 1 aromatic heterocycles. The van der Waals surface area contributed by atoms with Crippen molar-refractivity contribution in [3.05, 3.63) is 117 Å². The van der Waals surface area contributed by atoms with Gasteiger partial charge in [0.1, 0.15) is 0 Å². The molecule has 3 fully saturated rings. The lowest BCUT2D eigenvalue weighted by molar-refractivity contribution is -0.139. The lowest BCUT2D eigenvalue weighted by Gasteiger charge is -2.50. The summed E-state index contributed by atoms with van der Waals surface area (Å²) < 4.78 is 51.6. The molecule has 13 nitrogen and oxygen atoms in total. The van der Waals surface area contributed by atoms with Crippen molar-refractivity contribution in [2.75, 3.05) is 24.5 Å². The van der Waals surface area contributed by atoms with E-state index in [1.165, 1.54) is 62.8 Å². The van der Waals surface area contributed by atoms with Crippen molar-refractivity contribution in [2.45, 2.75) is 30.4 Å². The normalized spacial score (nSPS) is 25.0. The second-order valence-corrected chi connectivity index (χ2v) is 15.4. The predicted octanol–water partition coefficient (Wildman–Crippen LogP) is 7.02. The van der Waals surface area contributed by atoms with Gasteiger partial charge in [-0.1, -0.05) is 53.1 Å². The number of fused-ring (bicyclic) bond motifs is 4. The highest BCUT2D eigenvalue weighted by Gasteiger charge is 2.70. The molecule has 0 radical (unpaired) electrons. The first-order valence-electron chi connectivity index (χ1n) is 18.0. The maximum Gasteiger partial charge on any atom is 0.417 e. The number of halogens is 5. The van der Waals surface area contributed by atoms with Crippen LogP contribution < -0.4 is 19.8 Å². The van der Waals surface area contributed by atoms with E-state index in [9.17, 15) is 42.6 Å². The lowest BCUT2D eigenvalue weighted by atomic mass is 9.49. The molecule has 0 bridgehead atoms. The Morgan fingerprint density at radius 3 is 2.22 bits per heavy atom. The van der Waals surface area contributed by atoms with E-state index < -0.39 is 87.2 Å². The van der Waals surface area contributed by atoms with Crippen LogP contribution in [0.15, 0.2) is 84.6 Å². The summed E-state index contributed by atoms with van der Waals surface area (Å²) in [5, 5.41) is 21.1. The molecule has 6 unspecified atom stereocenters. The molecule has 6 atom stereocenters. The van der Waals surface area contributed by atoms with E-state index in [4.69, 9.17) is 32.7 Å². The molecule has 3 aromatic carbocycles. The summed E-state index contributed by atoms with van der Waals surface area (Å²) in [7, 11) is 2.61. The van der Waals surface area contributed by atoms with Gasteiger partial charge in [0.25, 0.3) is 11.8 Å². The molecule has 59 heavy (non-hydrogen) atoms. The number of pyridine rings is 1. The standard InChI is InChI=1S/C41H31Cl2F3N4O9/c1-58-29-13-19(14-30(59-2)33(29)51)32-24-10-11-25-31(37(54)49(35(25)52)23-5-3-4-18(12-23)38(55)56)26(24)16-27-36(53)50(39(57)40(27,32)20-6-8-22(42)9-7-20)48-34-28(43)15-21(17-47-34)41(44,45)46/h3-10,12-15,17,25-27,31-32,51H,11,16H2,1-2H3,(H,47,48)(H,55,56). The van der Waals surface area contributed by atoms with Crippen LogP contribution >= 0.6 is 23.2 Å². The molecular weight excluding hydrogens is 820 g/mol. The van der Waals surface area contributed by atoms with Gasteiger partial charge in [-0.25, -0.2) is 9.78 Å². The molecule has 304 valence electrons. The van der Waals surface area contributed by atoms with Gasteiger partial charge in [-0.2, -0.15) is 18.2 Å². The number of anilines is 2. The second-order valence-electron chi connectivity index (χ2n) is 14.6. The second kappa shape index (κ2) is 14.3. The number of amides is 4. The number of phenols is 1. The van der Waals surface area contributed by atoms with E-state index in [-0.39, 0.29) is 41.3 Å². The average molecular weight is 852 g/mol. The third-order valence-electron chi connectivity index (χ3n) is 11.7. The first-order chi connectivity index (χ1) is 28.0. The van der Waals surface area contributed by atoms with E-state index in [0.29, 0.717) is 39.0 Å². The van der Waals surface area contributed by atoms with Gasteiger partial charge < -0.3 is 19.7 Å². The van der Waals surface area contributed by atoms with Crippen LogP contribution in [0.25, 0.3) is 0 Å². The maximum atomic E-state index is 15.4. The molecule has 4 aromatic rings. The van der Waals surface area contributed by atoms with Crippen LogP contribution in [0.2, 0.25) is 10.0 Å². The minimum Gasteiger partial charge on any atom is -0.502 e. The third-order valence-corrected chi connectivity index (χ3v) is 12.3. The molecule has 2 aliphatic heterocycles. The molecule has 2 aliphatic carbocycles. The number of alkyl halides is 3. The zero-order valence-corrected chi connectivity index (χ0v) is 32.3. The van der Waals surface area contributed by atoms with Crippen LogP contribution in [0, 0.1) is 23.7 Å². The molecule has 0 spiro atoms. The number of benzene rings is 3. The Balaban J connectivity index is 1.33. The topological polar surface area (TPSA) is 176 Å². The number of methoxy groups -OCH3 is 2. The van der Waals surface area contributed by atoms with E-state index >= 15 is 4.79 Å². The minimum atomic E-state index is -4.79. The van der Waals surface area contributed by atoms with Gasteiger partial charge in [0.05, 0.1) is 59.2 Å². The number of hydrazine groups is 1. The fourth-order valence-corrected chi connectivity index (χ4v) is 9.61. The Hall–Kier alpha value is -6.13. The van der Waals surface area contributed by atoms with E-state index in [1.54, 1.807) is 18.2 Å². The van der Waals surface area contributed by atoms with Crippen molar-refractivity contribution in [1.29, 1.82) is 0 Å². The van der Waals surface area contributed by atoms with Crippen molar-refractivity contribution < 1.29 is 56.8 Å². The van der Waals surface area contributed by atoms with Gasteiger partial charge in [0.15, 0.2) is 17.3 Å². The Morgan fingerprint density at radius 1 is 0.932 bits per heavy atom. The molecule has 4 amide bonds.